The smallest absolute Gasteiger partial charge is 0.261 e. The standard InChI is InChI=1S/C25H21BrN2O4/c1-31-23-10-20-21(11-24(23)32-14-16-6-15(12-26)7-19(29)8-16)27-13-18-9-17-4-2-3-5-22(17)28(18)25(20)30/h2-8,10-11,13,18,29H,9,12,14H2,1H3/t18-/m0/s1. The van der Waals surface area contributed by atoms with Gasteiger partial charge in [0, 0.05) is 29.7 Å². The highest BCUT2D eigenvalue weighted by Crippen LogP contribution is 2.41. The molecule has 6 nitrogen and oxygen atoms in total. The summed E-state index contributed by atoms with van der Waals surface area (Å²) in [5.74, 6) is 1.03. The Bertz CT molecular complexity index is 1240. The maximum absolute atomic E-state index is 13.5. The molecule has 32 heavy (non-hydrogen) atoms. The van der Waals surface area contributed by atoms with E-state index in [1.165, 1.54) is 0 Å². The molecule has 5 rings (SSSR count). The minimum Gasteiger partial charge on any atom is -0.508 e. The largest absolute Gasteiger partial charge is 0.508 e. The molecule has 0 radical (unpaired) electrons. The molecule has 0 aliphatic carbocycles. The molecule has 1 amide bonds. The first-order chi connectivity index (χ1) is 15.6. The lowest BCUT2D eigenvalue weighted by Gasteiger charge is -2.22. The lowest BCUT2D eigenvalue weighted by atomic mass is 10.1. The van der Waals surface area contributed by atoms with Crippen LogP contribution in [0.2, 0.25) is 0 Å². The predicted molar refractivity (Wildman–Crippen MR) is 127 cm³/mol. The molecule has 2 heterocycles. The van der Waals surface area contributed by atoms with Gasteiger partial charge in [-0.15, -0.1) is 0 Å². The Morgan fingerprint density at radius 3 is 2.75 bits per heavy atom. The van der Waals surface area contributed by atoms with E-state index in [4.69, 9.17) is 9.47 Å². The van der Waals surface area contributed by atoms with Crippen LogP contribution in [0.3, 0.4) is 0 Å². The topological polar surface area (TPSA) is 71.4 Å². The lowest BCUT2D eigenvalue weighted by Crippen LogP contribution is -2.37. The fraction of sp³-hybridized carbons (Fsp3) is 0.200. The third-order valence-electron chi connectivity index (χ3n) is 5.71. The average molecular weight is 493 g/mol. The molecule has 2 aliphatic heterocycles. The van der Waals surface area contributed by atoms with Crippen molar-refractivity contribution in [3.8, 4) is 17.2 Å². The Morgan fingerprint density at radius 2 is 1.94 bits per heavy atom. The maximum Gasteiger partial charge on any atom is 0.261 e. The van der Waals surface area contributed by atoms with Gasteiger partial charge >= 0.3 is 0 Å². The summed E-state index contributed by atoms with van der Waals surface area (Å²) in [4.78, 5) is 19.9. The molecule has 0 unspecified atom stereocenters. The highest BCUT2D eigenvalue weighted by Gasteiger charge is 2.36. The molecule has 3 aromatic carbocycles. The van der Waals surface area contributed by atoms with E-state index in [9.17, 15) is 9.90 Å². The molecule has 2 aliphatic rings. The summed E-state index contributed by atoms with van der Waals surface area (Å²) in [6.45, 7) is 0.239. The van der Waals surface area contributed by atoms with Crippen molar-refractivity contribution >= 4 is 39.4 Å². The van der Waals surface area contributed by atoms with Gasteiger partial charge in [-0.2, -0.15) is 0 Å². The van der Waals surface area contributed by atoms with Crippen molar-refractivity contribution in [2.24, 2.45) is 4.99 Å². The summed E-state index contributed by atoms with van der Waals surface area (Å²) < 4.78 is 11.5. The van der Waals surface area contributed by atoms with Gasteiger partial charge in [0.05, 0.1) is 24.4 Å². The number of aliphatic imine (C=N–C) groups is 1. The second kappa shape index (κ2) is 8.31. The number of halogens is 1. The molecule has 0 bridgehead atoms. The molecular formula is C25H21BrN2O4. The molecule has 0 aromatic heterocycles. The number of carbonyl (C=O) groups is 1. The van der Waals surface area contributed by atoms with Gasteiger partial charge in [0.25, 0.3) is 5.91 Å². The van der Waals surface area contributed by atoms with Crippen molar-refractivity contribution in [2.75, 3.05) is 12.0 Å². The van der Waals surface area contributed by atoms with Gasteiger partial charge in [-0.3, -0.25) is 14.7 Å². The number of hydrogen-bond acceptors (Lipinski definition) is 5. The molecule has 3 aromatic rings. The Balaban J connectivity index is 1.47. The van der Waals surface area contributed by atoms with Crippen LogP contribution in [0.1, 0.15) is 27.0 Å². The number of nitrogens with zero attached hydrogens (tertiary/aromatic N) is 2. The number of aromatic hydroxyl groups is 1. The molecular weight excluding hydrogens is 472 g/mol. The van der Waals surface area contributed by atoms with Crippen LogP contribution in [-0.4, -0.2) is 30.4 Å². The van der Waals surface area contributed by atoms with E-state index >= 15 is 0 Å². The zero-order valence-electron chi connectivity index (χ0n) is 17.4. The number of ether oxygens (including phenoxy) is 2. The van der Waals surface area contributed by atoms with Gasteiger partial charge in [-0.25, -0.2) is 0 Å². The van der Waals surface area contributed by atoms with E-state index in [-0.39, 0.29) is 24.3 Å². The number of alkyl halides is 1. The Kier molecular flexibility index (Phi) is 5.35. The maximum atomic E-state index is 13.5. The molecule has 7 heteroatoms. The fourth-order valence-corrected chi connectivity index (χ4v) is 4.58. The highest BCUT2D eigenvalue weighted by atomic mass is 79.9. The number of amides is 1. The van der Waals surface area contributed by atoms with Gasteiger partial charge in [0.15, 0.2) is 11.5 Å². The van der Waals surface area contributed by atoms with Crippen LogP contribution in [0.25, 0.3) is 0 Å². The van der Waals surface area contributed by atoms with Gasteiger partial charge in [-0.1, -0.05) is 40.2 Å². The minimum absolute atomic E-state index is 0.104. The third-order valence-corrected chi connectivity index (χ3v) is 6.36. The van der Waals surface area contributed by atoms with Gasteiger partial charge in [-0.05, 0) is 41.0 Å². The number of para-hydroxylation sites is 1. The van der Waals surface area contributed by atoms with E-state index in [0.717, 1.165) is 28.8 Å². The molecule has 162 valence electrons. The van der Waals surface area contributed by atoms with Gasteiger partial charge in [0.2, 0.25) is 0 Å². The van der Waals surface area contributed by atoms with E-state index in [1.54, 1.807) is 36.3 Å². The molecule has 1 atom stereocenters. The zero-order chi connectivity index (χ0) is 22.2. The van der Waals surface area contributed by atoms with Crippen LogP contribution in [0.4, 0.5) is 11.4 Å². The number of fused-ring (bicyclic) bond motifs is 4. The second-order valence-corrected chi connectivity index (χ2v) is 8.36. The van der Waals surface area contributed by atoms with Crippen molar-refractivity contribution in [2.45, 2.75) is 24.4 Å². The first-order valence-electron chi connectivity index (χ1n) is 10.3. The predicted octanol–water partition coefficient (Wildman–Crippen LogP) is 5.16. The summed E-state index contributed by atoms with van der Waals surface area (Å²) in [7, 11) is 1.55. The third kappa shape index (κ3) is 3.62. The van der Waals surface area contributed by atoms with Crippen molar-refractivity contribution in [3.63, 3.8) is 0 Å². The van der Waals surface area contributed by atoms with Crippen LogP contribution in [-0.2, 0) is 18.4 Å². The van der Waals surface area contributed by atoms with Crippen LogP contribution < -0.4 is 14.4 Å². The summed E-state index contributed by atoms with van der Waals surface area (Å²) >= 11 is 3.41. The first kappa shape index (κ1) is 20.6. The molecule has 0 fully saturated rings. The van der Waals surface area contributed by atoms with E-state index < -0.39 is 0 Å². The summed E-state index contributed by atoms with van der Waals surface area (Å²) in [6, 6.07) is 16.6. The van der Waals surface area contributed by atoms with Crippen molar-refractivity contribution in [1.82, 2.24) is 0 Å². The van der Waals surface area contributed by atoms with Crippen molar-refractivity contribution < 1.29 is 19.4 Å². The number of phenols is 1. The van der Waals surface area contributed by atoms with E-state index in [1.807, 2.05) is 36.5 Å². The minimum atomic E-state index is -0.113. The Hall–Kier alpha value is -3.32. The van der Waals surface area contributed by atoms with E-state index in [2.05, 4.69) is 20.9 Å². The van der Waals surface area contributed by atoms with Crippen molar-refractivity contribution in [3.05, 3.63) is 76.9 Å². The average Bonchev–Trinajstić information content (AvgIpc) is 3.12. The fourth-order valence-electron chi connectivity index (χ4n) is 4.25. The molecule has 1 N–H and O–H groups in total. The number of hydrogen-bond donors (Lipinski definition) is 1. The molecule has 0 spiro atoms. The molecule has 0 saturated heterocycles. The number of carbonyl (C=O) groups excluding carboxylic acids is 1. The Morgan fingerprint density at radius 1 is 1.12 bits per heavy atom. The lowest BCUT2D eigenvalue weighted by molar-refractivity contribution is 0.0986. The SMILES string of the molecule is COc1cc2c(cc1OCc1cc(O)cc(CBr)c1)N=C[C@@H]1Cc3ccccc3N1C2=O. The summed E-state index contributed by atoms with van der Waals surface area (Å²) in [5, 5.41) is 10.6. The Labute approximate surface area is 194 Å². The van der Waals surface area contributed by atoms with Crippen molar-refractivity contribution in [1.29, 1.82) is 0 Å². The monoisotopic (exact) mass is 492 g/mol. The second-order valence-electron chi connectivity index (χ2n) is 7.80. The molecule has 0 saturated carbocycles. The normalized spacial score (nSPS) is 16.2. The zero-order valence-corrected chi connectivity index (χ0v) is 19.0. The quantitative estimate of drug-likeness (QED) is 0.499. The van der Waals surface area contributed by atoms with Crippen LogP contribution in [0.5, 0.6) is 17.2 Å². The van der Waals surface area contributed by atoms with Crippen LogP contribution in [0, 0.1) is 0 Å². The summed E-state index contributed by atoms with van der Waals surface area (Å²) in [6.07, 6.45) is 2.57. The number of benzene rings is 3. The summed E-state index contributed by atoms with van der Waals surface area (Å²) in [5.41, 5.74) is 4.87. The number of methoxy groups -OCH3 is 1. The van der Waals surface area contributed by atoms with Gasteiger partial charge < -0.3 is 14.6 Å². The number of rotatable bonds is 5. The van der Waals surface area contributed by atoms with Gasteiger partial charge in [0.1, 0.15) is 12.4 Å². The van der Waals surface area contributed by atoms with Crippen LogP contribution in [0.15, 0.2) is 59.6 Å². The first-order valence-corrected chi connectivity index (χ1v) is 11.4. The van der Waals surface area contributed by atoms with E-state index in [0.29, 0.717) is 28.1 Å². The number of anilines is 1. The highest BCUT2D eigenvalue weighted by molar-refractivity contribution is 9.08. The van der Waals surface area contributed by atoms with Crippen LogP contribution >= 0.6 is 15.9 Å². The number of phenolic OH excluding ortho intramolecular Hbond substituents is 1.